The molecule has 7 heteroatoms. The van der Waals surface area contributed by atoms with Gasteiger partial charge in [0.15, 0.2) is 0 Å². The van der Waals surface area contributed by atoms with Crippen LogP contribution in [0, 0.1) is 5.92 Å². The highest BCUT2D eigenvalue weighted by Gasteiger charge is 2.26. The number of phenols is 1. The fourth-order valence-corrected chi connectivity index (χ4v) is 4.78. The van der Waals surface area contributed by atoms with Crippen LogP contribution in [0.25, 0.3) is 11.3 Å². The Balaban J connectivity index is 1.57. The Morgan fingerprint density at radius 2 is 1.77 bits per heavy atom. The first-order chi connectivity index (χ1) is 17.0. The third-order valence-electron chi connectivity index (χ3n) is 6.89. The van der Waals surface area contributed by atoms with E-state index >= 15 is 0 Å². The minimum Gasteiger partial charge on any atom is -0.507 e. The van der Waals surface area contributed by atoms with E-state index in [1.165, 1.54) is 4.68 Å². The van der Waals surface area contributed by atoms with E-state index in [4.69, 9.17) is 0 Å². The van der Waals surface area contributed by atoms with E-state index in [-0.39, 0.29) is 29.5 Å². The summed E-state index contributed by atoms with van der Waals surface area (Å²) in [6.07, 6.45) is 5.83. The highest BCUT2D eigenvalue weighted by molar-refractivity contribution is 5.93. The second-order valence-electron chi connectivity index (χ2n) is 9.23. The van der Waals surface area contributed by atoms with Gasteiger partial charge in [-0.15, -0.1) is 0 Å². The Labute approximate surface area is 206 Å². The maximum absolute atomic E-state index is 13.1. The molecular formula is C28H34N4O3. The van der Waals surface area contributed by atoms with Crippen molar-refractivity contribution in [3.63, 3.8) is 0 Å². The SMILES string of the molecule is CCC(CC)C(=O)Nc1ccc(-c2cc(C3CCCC3)n(C(=O)NCc3ccccc3)n2)c(O)c1. The van der Waals surface area contributed by atoms with Crippen LogP contribution in [0.15, 0.2) is 54.6 Å². The average Bonchev–Trinajstić information content (AvgIpc) is 3.54. The third-order valence-corrected chi connectivity index (χ3v) is 6.89. The van der Waals surface area contributed by atoms with Crippen LogP contribution in [0.1, 0.15) is 69.5 Å². The lowest BCUT2D eigenvalue weighted by Gasteiger charge is -2.13. The zero-order valence-corrected chi connectivity index (χ0v) is 20.5. The summed E-state index contributed by atoms with van der Waals surface area (Å²) in [5.41, 5.74) is 3.49. The summed E-state index contributed by atoms with van der Waals surface area (Å²) in [5, 5.41) is 21.2. The molecule has 7 nitrogen and oxygen atoms in total. The second-order valence-corrected chi connectivity index (χ2v) is 9.23. The van der Waals surface area contributed by atoms with Gasteiger partial charge in [-0.3, -0.25) is 4.79 Å². The molecule has 1 aliphatic carbocycles. The van der Waals surface area contributed by atoms with Crippen molar-refractivity contribution in [1.82, 2.24) is 15.1 Å². The third kappa shape index (κ3) is 5.73. The summed E-state index contributed by atoms with van der Waals surface area (Å²) < 4.78 is 1.45. The predicted molar refractivity (Wildman–Crippen MR) is 137 cm³/mol. The molecule has 2 aromatic carbocycles. The first-order valence-corrected chi connectivity index (χ1v) is 12.6. The Bertz CT molecular complexity index is 1160. The van der Waals surface area contributed by atoms with Gasteiger partial charge in [0, 0.05) is 35.7 Å². The second kappa shape index (κ2) is 11.2. The van der Waals surface area contributed by atoms with Crippen molar-refractivity contribution in [2.45, 2.75) is 64.8 Å². The quantitative estimate of drug-likeness (QED) is 0.370. The molecule has 1 aliphatic rings. The lowest BCUT2D eigenvalue weighted by molar-refractivity contribution is -0.120. The highest BCUT2D eigenvalue weighted by Crippen LogP contribution is 2.38. The van der Waals surface area contributed by atoms with Gasteiger partial charge < -0.3 is 15.7 Å². The van der Waals surface area contributed by atoms with Crippen molar-refractivity contribution in [3.8, 4) is 17.0 Å². The lowest BCUT2D eigenvalue weighted by atomic mass is 10.0. The van der Waals surface area contributed by atoms with Gasteiger partial charge in [-0.25, -0.2) is 4.79 Å². The number of carbonyl (C=O) groups is 2. The maximum Gasteiger partial charge on any atom is 0.342 e. The Morgan fingerprint density at radius 3 is 2.43 bits per heavy atom. The number of phenolic OH excluding ortho intramolecular Hbond substituents is 1. The van der Waals surface area contributed by atoms with Crippen LogP contribution in [0.5, 0.6) is 5.75 Å². The normalized spacial score (nSPS) is 13.8. The largest absolute Gasteiger partial charge is 0.507 e. The van der Waals surface area contributed by atoms with Crippen molar-refractivity contribution < 1.29 is 14.7 Å². The molecule has 184 valence electrons. The summed E-state index contributed by atoms with van der Waals surface area (Å²) in [7, 11) is 0. The van der Waals surface area contributed by atoms with Crippen LogP contribution < -0.4 is 10.6 Å². The Kier molecular flexibility index (Phi) is 7.85. The fourth-order valence-electron chi connectivity index (χ4n) is 4.78. The molecule has 4 rings (SSSR count). The zero-order chi connectivity index (χ0) is 24.8. The van der Waals surface area contributed by atoms with E-state index in [2.05, 4.69) is 15.7 Å². The number of anilines is 1. The number of nitrogens with one attached hydrogen (secondary N) is 2. The molecule has 3 N–H and O–H groups in total. The van der Waals surface area contributed by atoms with E-state index < -0.39 is 0 Å². The molecule has 0 unspecified atom stereocenters. The lowest BCUT2D eigenvalue weighted by Crippen LogP contribution is -2.30. The summed E-state index contributed by atoms with van der Waals surface area (Å²) >= 11 is 0. The first-order valence-electron chi connectivity index (χ1n) is 12.6. The number of hydrogen-bond acceptors (Lipinski definition) is 4. The van der Waals surface area contributed by atoms with Gasteiger partial charge in [0.2, 0.25) is 5.91 Å². The first kappa shape index (κ1) is 24.5. The molecule has 0 saturated heterocycles. The van der Waals surface area contributed by atoms with Gasteiger partial charge in [0.05, 0.1) is 11.4 Å². The smallest absolute Gasteiger partial charge is 0.342 e. The average molecular weight is 475 g/mol. The minimum atomic E-state index is -0.282. The summed E-state index contributed by atoms with van der Waals surface area (Å²) in [4.78, 5) is 25.5. The minimum absolute atomic E-state index is 0.0136. The monoisotopic (exact) mass is 474 g/mol. The van der Waals surface area contributed by atoms with Gasteiger partial charge in [-0.1, -0.05) is 57.0 Å². The van der Waals surface area contributed by atoms with Crippen LogP contribution in [-0.2, 0) is 11.3 Å². The molecule has 1 fully saturated rings. The summed E-state index contributed by atoms with van der Waals surface area (Å²) in [5.74, 6) is 0.167. The van der Waals surface area contributed by atoms with Crippen LogP contribution in [-0.4, -0.2) is 26.8 Å². The molecule has 35 heavy (non-hydrogen) atoms. The van der Waals surface area contributed by atoms with E-state index in [0.29, 0.717) is 23.5 Å². The fraction of sp³-hybridized carbons (Fsp3) is 0.393. The van der Waals surface area contributed by atoms with Gasteiger partial charge in [0.1, 0.15) is 5.75 Å². The summed E-state index contributed by atoms with van der Waals surface area (Å²) in [6, 6.07) is 16.4. The zero-order valence-electron chi connectivity index (χ0n) is 20.5. The van der Waals surface area contributed by atoms with E-state index in [9.17, 15) is 14.7 Å². The Morgan fingerprint density at radius 1 is 1.06 bits per heavy atom. The van der Waals surface area contributed by atoms with Gasteiger partial charge in [-0.05, 0) is 49.4 Å². The van der Waals surface area contributed by atoms with Crippen molar-refractivity contribution in [2.75, 3.05) is 5.32 Å². The Hall–Kier alpha value is -3.61. The summed E-state index contributed by atoms with van der Waals surface area (Å²) in [6.45, 7) is 4.39. The number of nitrogens with zero attached hydrogens (tertiary/aromatic N) is 2. The number of carbonyl (C=O) groups excluding carboxylic acids is 2. The molecule has 3 aromatic rings. The van der Waals surface area contributed by atoms with Crippen LogP contribution >= 0.6 is 0 Å². The van der Waals surface area contributed by atoms with Crippen molar-refractivity contribution in [2.24, 2.45) is 5.92 Å². The number of aromatic hydroxyl groups is 1. The van der Waals surface area contributed by atoms with Crippen LogP contribution in [0.4, 0.5) is 10.5 Å². The number of amides is 2. The van der Waals surface area contributed by atoms with Crippen LogP contribution in [0.2, 0.25) is 0 Å². The molecule has 2 amide bonds. The van der Waals surface area contributed by atoms with E-state index in [0.717, 1.165) is 49.8 Å². The molecule has 0 bridgehead atoms. The number of hydrogen-bond donors (Lipinski definition) is 3. The molecule has 0 atom stereocenters. The number of rotatable bonds is 8. The van der Waals surface area contributed by atoms with E-state index in [1.54, 1.807) is 18.2 Å². The van der Waals surface area contributed by atoms with Gasteiger partial charge in [-0.2, -0.15) is 9.78 Å². The predicted octanol–water partition coefficient (Wildman–Crippen LogP) is 6.05. The van der Waals surface area contributed by atoms with Crippen molar-refractivity contribution >= 4 is 17.6 Å². The van der Waals surface area contributed by atoms with Gasteiger partial charge in [0.25, 0.3) is 0 Å². The molecule has 0 spiro atoms. The topological polar surface area (TPSA) is 96.3 Å². The molecular weight excluding hydrogens is 440 g/mol. The molecule has 1 aromatic heterocycles. The molecule has 0 radical (unpaired) electrons. The van der Waals surface area contributed by atoms with Crippen LogP contribution in [0.3, 0.4) is 0 Å². The maximum atomic E-state index is 13.1. The number of aromatic nitrogens is 2. The van der Waals surface area contributed by atoms with Gasteiger partial charge >= 0.3 is 6.03 Å². The molecule has 1 heterocycles. The highest BCUT2D eigenvalue weighted by atomic mass is 16.3. The molecule has 1 saturated carbocycles. The number of benzene rings is 2. The van der Waals surface area contributed by atoms with E-state index in [1.807, 2.05) is 50.2 Å². The molecule has 0 aliphatic heterocycles. The van der Waals surface area contributed by atoms with Crippen molar-refractivity contribution in [1.29, 1.82) is 0 Å². The standard InChI is InChI=1S/C28H34N4O3/c1-3-20(4-2)27(34)30-22-14-15-23(26(33)16-22)24-17-25(21-12-8-9-13-21)32(31-24)28(35)29-18-19-10-6-5-7-11-19/h5-7,10-11,14-17,20-21,33H,3-4,8-9,12-13,18H2,1-2H3,(H,29,35)(H,30,34). The van der Waals surface area contributed by atoms with Crippen molar-refractivity contribution in [3.05, 3.63) is 65.9 Å².